The average Bonchev–Trinajstić information content (AvgIpc) is 2.72. The Morgan fingerprint density at radius 3 is 2.72 bits per heavy atom. The van der Waals surface area contributed by atoms with Crippen LogP contribution in [0.5, 0.6) is 5.75 Å². The third-order valence-corrected chi connectivity index (χ3v) is 4.48. The standard InChI is InChI=1S/C22H21N3O4/c1-2-7-20(26)24-18(12-11-15-8-4-3-5-9-15)17-14-19(25(28)29)16-10-6-13-23-21(16)22(17)27/h3-6,8-14,18,27H,2,7H2,1H3,(H,24,26)/b12-11+/t18-/m0/s1. The Morgan fingerprint density at radius 2 is 2.03 bits per heavy atom. The summed E-state index contributed by atoms with van der Waals surface area (Å²) in [6.07, 6.45) is 5.93. The van der Waals surface area contributed by atoms with Gasteiger partial charge in [-0.1, -0.05) is 49.4 Å². The van der Waals surface area contributed by atoms with Gasteiger partial charge in [0.15, 0.2) is 0 Å². The number of non-ortho nitro benzene ring substituents is 1. The van der Waals surface area contributed by atoms with Crippen molar-refractivity contribution in [2.45, 2.75) is 25.8 Å². The summed E-state index contributed by atoms with van der Waals surface area (Å²) in [5.41, 5.74) is 1.07. The smallest absolute Gasteiger partial charge is 0.279 e. The monoisotopic (exact) mass is 391 g/mol. The van der Waals surface area contributed by atoms with Gasteiger partial charge in [-0.25, -0.2) is 0 Å². The number of nitro groups is 1. The lowest BCUT2D eigenvalue weighted by atomic mass is 9.99. The summed E-state index contributed by atoms with van der Waals surface area (Å²) in [5, 5.41) is 25.5. The number of phenolic OH excluding ortho intramolecular Hbond substituents is 1. The summed E-state index contributed by atoms with van der Waals surface area (Å²) in [6.45, 7) is 1.89. The number of carbonyl (C=O) groups excluding carboxylic acids is 1. The van der Waals surface area contributed by atoms with Crippen LogP contribution in [0.3, 0.4) is 0 Å². The number of pyridine rings is 1. The first-order chi connectivity index (χ1) is 14.0. The van der Waals surface area contributed by atoms with Crippen molar-refractivity contribution in [1.82, 2.24) is 10.3 Å². The molecule has 0 aliphatic rings. The molecule has 0 bridgehead atoms. The van der Waals surface area contributed by atoms with Gasteiger partial charge < -0.3 is 10.4 Å². The van der Waals surface area contributed by atoms with Crippen LogP contribution >= 0.6 is 0 Å². The lowest BCUT2D eigenvalue weighted by Gasteiger charge is -2.18. The van der Waals surface area contributed by atoms with Crippen molar-refractivity contribution in [3.8, 4) is 5.75 Å². The molecule has 0 fully saturated rings. The summed E-state index contributed by atoms with van der Waals surface area (Å²) >= 11 is 0. The van der Waals surface area contributed by atoms with Gasteiger partial charge in [-0.15, -0.1) is 0 Å². The van der Waals surface area contributed by atoms with Crippen molar-refractivity contribution in [2.75, 3.05) is 0 Å². The highest BCUT2D eigenvalue weighted by atomic mass is 16.6. The number of hydrogen-bond donors (Lipinski definition) is 2. The molecule has 7 nitrogen and oxygen atoms in total. The molecular weight excluding hydrogens is 370 g/mol. The van der Waals surface area contributed by atoms with E-state index in [1.807, 2.05) is 37.3 Å². The van der Waals surface area contributed by atoms with E-state index in [1.165, 1.54) is 18.3 Å². The van der Waals surface area contributed by atoms with Crippen LogP contribution < -0.4 is 5.32 Å². The SMILES string of the molecule is CCCC(=O)N[C@@H](/C=C/c1ccccc1)c1cc([N+](=O)[O-])c2cccnc2c1O. The summed E-state index contributed by atoms with van der Waals surface area (Å²) in [4.78, 5) is 27.4. The van der Waals surface area contributed by atoms with Crippen molar-refractivity contribution in [1.29, 1.82) is 0 Å². The molecule has 1 atom stereocenters. The molecule has 0 saturated carbocycles. The Kier molecular flexibility index (Phi) is 6.19. The molecular formula is C22H21N3O4. The molecule has 0 unspecified atom stereocenters. The number of nitrogens with one attached hydrogen (secondary N) is 1. The second-order valence-electron chi connectivity index (χ2n) is 6.56. The molecule has 148 valence electrons. The minimum absolute atomic E-state index is 0.125. The number of aromatic nitrogens is 1. The molecule has 0 saturated heterocycles. The number of benzene rings is 2. The quantitative estimate of drug-likeness (QED) is 0.455. The van der Waals surface area contributed by atoms with Crippen LogP contribution in [0, 0.1) is 10.1 Å². The maximum atomic E-state index is 12.3. The predicted molar refractivity (Wildman–Crippen MR) is 111 cm³/mol. The number of phenols is 1. The predicted octanol–water partition coefficient (Wildman–Crippen LogP) is 4.52. The molecule has 1 aromatic heterocycles. The van der Waals surface area contributed by atoms with E-state index in [9.17, 15) is 20.0 Å². The normalized spacial score (nSPS) is 12.2. The van der Waals surface area contributed by atoms with Gasteiger partial charge >= 0.3 is 0 Å². The van der Waals surface area contributed by atoms with E-state index >= 15 is 0 Å². The molecule has 7 heteroatoms. The van der Waals surface area contributed by atoms with Gasteiger partial charge in [0.25, 0.3) is 5.69 Å². The number of carbonyl (C=O) groups is 1. The van der Waals surface area contributed by atoms with E-state index in [0.717, 1.165) is 5.56 Å². The Labute approximate surface area is 167 Å². The van der Waals surface area contributed by atoms with Crippen molar-refractivity contribution in [3.63, 3.8) is 0 Å². The van der Waals surface area contributed by atoms with Crippen molar-refractivity contribution < 1.29 is 14.8 Å². The number of fused-ring (bicyclic) bond motifs is 1. The number of amides is 1. The first-order valence-electron chi connectivity index (χ1n) is 9.29. The molecule has 2 aromatic carbocycles. The highest BCUT2D eigenvalue weighted by Gasteiger charge is 2.24. The topological polar surface area (TPSA) is 105 Å². The van der Waals surface area contributed by atoms with Crippen LogP contribution in [0.4, 0.5) is 5.69 Å². The van der Waals surface area contributed by atoms with Crippen molar-refractivity contribution in [3.05, 3.63) is 82.0 Å². The molecule has 1 heterocycles. The zero-order chi connectivity index (χ0) is 20.8. The lowest BCUT2D eigenvalue weighted by Crippen LogP contribution is -2.27. The van der Waals surface area contributed by atoms with Crippen LogP contribution in [0.1, 0.15) is 36.9 Å². The zero-order valence-electron chi connectivity index (χ0n) is 15.9. The molecule has 1 amide bonds. The van der Waals surface area contributed by atoms with Gasteiger partial charge in [0.2, 0.25) is 5.91 Å². The summed E-state index contributed by atoms with van der Waals surface area (Å²) in [7, 11) is 0. The van der Waals surface area contributed by atoms with E-state index in [0.29, 0.717) is 12.8 Å². The maximum absolute atomic E-state index is 12.3. The third kappa shape index (κ3) is 4.57. The van der Waals surface area contributed by atoms with Gasteiger partial charge in [-0.2, -0.15) is 0 Å². The van der Waals surface area contributed by atoms with Crippen molar-refractivity contribution in [2.24, 2.45) is 0 Å². The van der Waals surface area contributed by atoms with E-state index < -0.39 is 11.0 Å². The lowest BCUT2D eigenvalue weighted by molar-refractivity contribution is -0.383. The van der Waals surface area contributed by atoms with Crippen LogP contribution in [0.2, 0.25) is 0 Å². The van der Waals surface area contributed by atoms with Gasteiger partial charge in [-0.05, 0) is 24.1 Å². The van der Waals surface area contributed by atoms with Crippen LogP contribution in [0.15, 0.2) is 60.8 Å². The highest BCUT2D eigenvalue weighted by Crippen LogP contribution is 2.38. The van der Waals surface area contributed by atoms with Crippen molar-refractivity contribution >= 4 is 28.6 Å². The third-order valence-electron chi connectivity index (χ3n) is 4.48. The molecule has 0 aliphatic carbocycles. The molecule has 2 N–H and O–H groups in total. The number of nitro benzene ring substituents is 1. The summed E-state index contributed by atoms with van der Waals surface area (Å²) in [5.74, 6) is -0.399. The molecule has 0 spiro atoms. The minimum atomic E-state index is -0.751. The fourth-order valence-corrected chi connectivity index (χ4v) is 3.09. The first kappa shape index (κ1) is 20.0. The average molecular weight is 391 g/mol. The fraction of sp³-hybridized carbons (Fsp3) is 0.182. The summed E-state index contributed by atoms with van der Waals surface area (Å²) in [6, 6.07) is 13.1. The minimum Gasteiger partial charge on any atom is -0.505 e. The molecule has 0 aliphatic heterocycles. The molecule has 3 rings (SSSR count). The highest BCUT2D eigenvalue weighted by molar-refractivity contribution is 5.93. The number of hydrogen-bond acceptors (Lipinski definition) is 5. The van der Waals surface area contributed by atoms with E-state index in [4.69, 9.17) is 0 Å². The van der Waals surface area contributed by atoms with Gasteiger partial charge in [-0.3, -0.25) is 19.9 Å². The van der Waals surface area contributed by atoms with E-state index in [1.54, 1.807) is 18.2 Å². The van der Waals surface area contributed by atoms with Crippen LogP contribution in [0.25, 0.3) is 17.0 Å². The second kappa shape index (κ2) is 8.97. The largest absolute Gasteiger partial charge is 0.505 e. The Balaban J connectivity index is 2.12. The molecule has 3 aromatic rings. The zero-order valence-corrected chi connectivity index (χ0v) is 15.9. The first-order valence-corrected chi connectivity index (χ1v) is 9.29. The maximum Gasteiger partial charge on any atom is 0.279 e. The Hall–Kier alpha value is -3.74. The Morgan fingerprint density at radius 1 is 1.28 bits per heavy atom. The van der Waals surface area contributed by atoms with Gasteiger partial charge in [0.05, 0.1) is 16.4 Å². The number of rotatable bonds is 7. The molecule has 0 radical (unpaired) electrons. The molecule has 29 heavy (non-hydrogen) atoms. The fourth-order valence-electron chi connectivity index (χ4n) is 3.09. The Bertz CT molecular complexity index is 1060. The number of nitrogens with zero attached hydrogens (tertiary/aromatic N) is 2. The van der Waals surface area contributed by atoms with E-state index in [-0.39, 0.29) is 33.8 Å². The van der Waals surface area contributed by atoms with Gasteiger partial charge in [0, 0.05) is 24.2 Å². The summed E-state index contributed by atoms with van der Waals surface area (Å²) < 4.78 is 0. The van der Waals surface area contributed by atoms with Crippen LogP contribution in [-0.2, 0) is 4.79 Å². The number of aromatic hydroxyl groups is 1. The van der Waals surface area contributed by atoms with Gasteiger partial charge in [0.1, 0.15) is 11.3 Å². The van der Waals surface area contributed by atoms with Crippen LogP contribution in [-0.4, -0.2) is 20.9 Å². The second-order valence-corrected chi connectivity index (χ2v) is 6.56. The van der Waals surface area contributed by atoms with E-state index in [2.05, 4.69) is 10.3 Å².